The third kappa shape index (κ3) is 3.40. The molecule has 1 aliphatic heterocycles. The molecule has 0 aromatic heterocycles. The van der Waals surface area contributed by atoms with Crippen LogP contribution in [0.15, 0.2) is 48.0 Å². The van der Waals surface area contributed by atoms with Gasteiger partial charge in [-0.3, -0.25) is 0 Å². The Morgan fingerprint density at radius 2 is 2.24 bits per heavy atom. The molecule has 0 unspecified atom stereocenters. The van der Waals surface area contributed by atoms with E-state index in [9.17, 15) is 0 Å². The van der Waals surface area contributed by atoms with Crippen LogP contribution in [0.4, 0.5) is 5.69 Å². The van der Waals surface area contributed by atoms with Crippen molar-refractivity contribution in [2.24, 2.45) is 0 Å². The maximum Gasteiger partial charge on any atom is 0.313 e. The molecule has 1 heterocycles. The number of hydrogen-bond donors (Lipinski definition) is 1. The molecule has 2 rings (SSSR count). The van der Waals surface area contributed by atoms with Crippen molar-refractivity contribution in [3.05, 3.63) is 53.6 Å². The van der Waals surface area contributed by atoms with Gasteiger partial charge in [0.15, 0.2) is 0 Å². The van der Waals surface area contributed by atoms with Crippen LogP contribution in [0.1, 0.15) is 31.7 Å². The van der Waals surface area contributed by atoms with E-state index in [1.807, 2.05) is 0 Å². The fourth-order valence-electron chi connectivity index (χ4n) is 1.87. The van der Waals surface area contributed by atoms with Crippen LogP contribution in [0.3, 0.4) is 0 Å². The van der Waals surface area contributed by atoms with Crippen molar-refractivity contribution in [1.82, 2.24) is 0 Å². The number of rotatable bonds is 4. The maximum absolute atomic E-state index is 3.46. The first kappa shape index (κ1) is 11.8. The van der Waals surface area contributed by atoms with E-state index in [0.717, 1.165) is 6.42 Å². The Balaban J connectivity index is 1.97. The smallest absolute Gasteiger partial charge is 0.313 e. The average molecular weight is 223 g/mol. The third-order valence-corrected chi connectivity index (χ3v) is 2.86. The van der Waals surface area contributed by atoms with Gasteiger partial charge < -0.3 is 5.23 Å². The highest BCUT2D eigenvalue weighted by Crippen LogP contribution is 2.21. The number of allylic oxidation sites excluding steroid dienone is 1. The lowest BCUT2D eigenvalue weighted by atomic mass is 9.60. The number of benzene rings is 1. The lowest BCUT2D eigenvalue weighted by Crippen LogP contribution is -2.22. The van der Waals surface area contributed by atoms with Crippen LogP contribution in [0.5, 0.6) is 0 Å². The molecule has 0 saturated carbocycles. The fourth-order valence-corrected chi connectivity index (χ4v) is 1.87. The Kier molecular flexibility index (Phi) is 4.29. The predicted octanol–water partition coefficient (Wildman–Crippen LogP) is 4.10. The number of para-hydroxylation sites is 1. The Hall–Kier alpha value is -1.66. The van der Waals surface area contributed by atoms with Crippen molar-refractivity contribution < 1.29 is 0 Å². The molecule has 86 valence electrons. The van der Waals surface area contributed by atoms with Gasteiger partial charge in [0.2, 0.25) is 0 Å². The van der Waals surface area contributed by atoms with Crippen molar-refractivity contribution in [1.29, 1.82) is 0 Å². The molecule has 0 amide bonds. The zero-order chi connectivity index (χ0) is 11.9. The maximum atomic E-state index is 3.46. The zero-order valence-corrected chi connectivity index (χ0v) is 10.3. The van der Waals surface area contributed by atoms with Crippen LogP contribution in [0.25, 0.3) is 6.08 Å². The number of unbranched alkanes of at least 4 members (excludes halogenated alkanes) is 2. The van der Waals surface area contributed by atoms with Crippen molar-refractivity contribution in [2.75, 3.05) is 5.23 Å². The van der Waals surface area contributed by atoms with Gasteiger partial charge in [0.1, 0.15) is 0 Å². The topological polar surface area (TPSA) is 12.0 Å². The molecule has 0 radical (unpaired) electrons. The molecule has 0 saturated heterocycles. The molecular weight excluding hydrogens is 205 g/mol. The normalized spacial score (nSPS) is 12.4. The van der Waals surface area contributed by atoms with Crippen LogP contribution >= 0.6 is 0 Å². The highest BCUT2D eigenvalue weighted by Gasteiger charge is 2.12. The van der Waals surface area contributed by atoms with E-state index in [1.165, 1.54) is 24.1 Å². The quantitative estimate of drug-likeness (QED) is 0.460. The zero-order valence-electron chi connectivity index (χ0n) is 10.3. The standard InChI is InChI=1S/C15H18BN/c1-2-3-4-5-8-12-16-13-11-14-9-6-7-10-15(14)17-16/h5-7,9-13,17H,2-4H2,1H3. The Bertz CT molecular complexity index is 456. The summed E-state index contributed by atoms with van der Waals surface area (Å²) in [6, 6.07) is 8.35. The number of hydrogen-bond acceptors (Lipinski definition) is 1. The van der Waals surface area contributed by atoms with Crippen LogP contribution in [-0.2, 0) is 0 Å². The first-order valence-corrected chi connectivity index (χ1v) is 6.35. The lowest BCUT2D eigenvalue weighted by molar-refractivity contribution is 0.815. The summed E-state index contributed by atoms with van der Waals surface area (Å²) in [5, 5.41) is 3.46. The number of fused-ring (bicyclic) bond motifs is 1. The van der Waals surface area contributed by atoms with Crippen LogP contribution in [0, 0.1) is 0 Å². The predicted molar refractivity (Wildman–Crippen MR) is 77.0 cm³/mol. The monoisotopic (exact) mass is 223 g/mol. The van der Waals surface area contributed by atoms with Crippen LogP contribution < -0.4 is 5.23 Å². The van der Waals surface area contributed by atoms with Crippen LogP contribution in [-0.4, -0.2) is 6.85 Å². The molecular formula is C15H18BN. The Morgan fingerprint density at radius 1 is 1.35 bits per heavy atom. The second-order valence-electron chi connectivity index (χ2n) is 4.30. The third-order valence-electron chi connectivity index (χ3n) is 2.86. The molecule has 1 aromatic carbocycles. The Labute approximate surface area is 104 Å². The van der Waals surface area contributed by atoms with E-state index in [-0.39, 0.29) is 6.85 Å². The highest BCUT2D eigenvalue weighted by atomic mass is 14.8. The molecule has 1 N–H and O–H groups in total. The minimum absolute atomic E-state index is 0.266. The first-order valence-electron chi connectivity index (χ1n) is 6.35. The van der Waals surface area contributed by atoms with Crippen molar-refractivity contribution in [2.45, 2.75) is 26.2 Å². The molecule has 17 heavy (non-hydrogen) atoms. The van der Waals surface area contributed by atoms with Gasteiger partial charge >= 0.3 is 6.85 Å². The summed E-state index contributed by atoms with van der Waals surface area (Å²) in [6.45, 7) is 2.47. The van der Waals surface area contributed by atoms with Gasteiger partial charge in [0, 0.05) is 5.69 Å². The van der Waals surface area contributed by atoms with E-state index < -0.39 is 0 Å². The summed E-state index contributed by atoms with van der Waals surface area (Å²) in [5.41, 5.74) is 5.71. The van der Waals surface area contributed by atoms with Gasteiger partial charge in [0.05, 0.1) is 0 Å². The van der Waals surface area contributed by atoms with Crippen molar-refractivity contribution in [3.63, 3.8) is 0 Å². The van der Waals surface area contributed by atoms with Gasteiger partial charge in [-0.05, 0) is 36.5 Å². The van der Waals surface area contributed by atoms with Gasteiger partial charge in [-0.15, -0.1) is 5.73 Å². The van der Waals surface area contributed by atoms with E-state index in [0.29, 0.717) is 0 Å². The van der Waals surface area contributed by atoms with E-state index >= 15 is 0 Å². The second-order valence-corrected chi connectivity index (χ2v) is 4.30. The van der Waals surface area contributed by atoms with E-state index in [4.69, 9.17) is 0 Å². The second kappa shape index (κ2) is 6.17. The van der Waals surface area contributed by atoms with Gasteiger partial charge in [-0.2, -0.15) is 0 Å². The Morgan fingerprint density at radius 3 is 3.12 bits per heavy atom. The fraction of sp³-hybridized carbons (Fsp3) is 0.267. The SMILES string of the molecule is CCCCC=C=CB1C=Cc2ccccc2N1. The summed E-state index contributed by atoms with van der Waals surface area (Å²) in [4.78, 5) is 0. The van der Waals surface area contributed by atoms with Gasteiger partial charge in [-0.25, -0.2) is 0 Å². The molecule has 1 aliphatic rings. The minimum atomic E-state index is 0.266. The summed E-state index contributed by atoms with van der Waals surface area (Å²) in [5.74, 6) is 4.26. The average Bonchev–Trinajstić information content (AvgIpc) is 2.38. The van der Waals surface area contributed by atoms with Crippen molar-refractivity contribution in [3.8, 4) is 0 Å². The van der Waals surface area contributed by atoms with E-state index in [2.05, 4.69) is 66.3 Å². The summed E-state index contributed by atoms with van der Waals surface area (Å²) in [7, 11) is 0. The molecule has 2 heteroatoms. The lowest BCUT2D eigenvalue weighted by Gasteiger charge is -2.16. The molecule has 0 aliphatic carbocycles. The summed E-state index contributed by atoms with van der Waals surface area (Å²) >= 11 is 0. The van der Waals surface area contributed by atoms with Gasteiger partial charge in [-0.1, -0.05) is 43.6 Å². The van der Waals surface area contributed by atoms with Crippen molar-refractivity contribution >= 4 is 18.6 Å². The van der Waals surface area contributed by atoms with Crippen LogP contribution in [0.2, 0.25) is 0 Å². The molecule has 1 nitrogen and oxygen atoms in total. The minimum Gasteiger partial charge on any atom is -0.420 e. The van der Waals surface area contributed by atoms with Gasteiger partial charge in [0.25, 0.3) is 0 Å². The molecule has 1 aromatic rings. The first-order chi connectivity index (χ1) is 8.40. The number of nitrogens with one attached hydrogen (secondary N) is 1. The largest absolute Gasteiger partial charge is 0.420 e. The summed E-state index contributed by atoms with van der Waals surface area (Å²) < 4.78 is 0. The molecule has 0 spiro atoms. The molecule has 0 atom stereocenters. The van der Waals surface area contributed by atoms with E-state index in [1.54, 1.807) is 0 Å². The highest BCUT2D eigenvalue weighted by molar-refractivity contribution is 6.73. The molecule has 0 bridgehead atoms. The number of anilines is 1. The summed E-state index contributed by atoms with van der Waals surface area (Å²) in [6.07, 6.45) is 7.91. The molecule has 0 fully saturated rings.